The first kappa shape index (κ1) is 36.3. The third-order valence-corrected chi connectivity index (χ3v) is 13.4. The van der Waals surface area contributed by atoms with Crippen molar-refractivity contribution < 1.29 is 8.83 Å². The van der Waals surface area contributed by atoms with E-state index in [1.165, 1.54) is 27.8 Å². The fourth-order valence-electron chi connectivity index (χ4n) is 10.3. The maximum absolute atomic E-state index is 6.74. The summed E-state index contributed by atoms with van der Waals surface area (Å²) in [6.45, 7) is 2.36. The van der Waals surface area contributed by atoms with E-state index >= 15 is 0 Å². The highest BCUT2D eigenvalue weighted by molar-refractivity contribution is 6.12. The maximum Gasteiger partial charge on any atom is 0.160 e. The molecule has 0 bridgehead atoms. The summed E-state index contributed by atoms with van der Waals surface area (Å²) in [7, 11) is 0. The highest BCUT2D eigenvalue weighted by atomic mass is 16.3. The molecule has 1 aliphatic rings. The lowest BCUT2D eigenvalue weighted by Gasteiger charge is -2.28. The predicted molar refractivity (Wildman–Crippen MR) is 261 cm³/mol. The summed E-state index contributed by atoms with van der Waals surface area (Å²) >= 11 is 0. The largest absolute Gasteiger partial charge is 0.455 e. The molecule has 13 rings (SSSR count). The van der Waals surface area contributed by atoms with E-state index < -0.39 is 0 Å². The van der Waals surface area contributed by atoms with Gasteiger partial charge in [0.1, 0.15) is 22.3 Å². The zero-order valence-electron chi connectivity index (χ0n) is 34.9. The van der Waals surface area contributed by atoms with Crippen LogP contribution in [0.25, 0.3) is 111 Å². The summed E-state index contributed by atoms with van der Waals surface area (Å²) in [4.78, 5) is 10.8. The van der Waals surface area contributed by atoms with Crippen molar-refractivity contribution in [3.8, 4) is 67.3 Å². The van der Waals surface area contributed by atoms with Crippen molar-refractivity contribution in [1.82, 2.24) is 9.97 Å². The normalized spacial score (nSPS) is 14.4. The fraction of sp³-hybridized carbons (Fsp3) is 0.0333. The quantitative estimate of drug-likeness (QED) is 0.168. The standard InChI is InChI=1S/C60H38N2O2/c1-60(40-18-6-3-7-19-40)51-27-11-8-20-42(51)43-32-31-39(35-52(43)60)53-36-54(62-59(61-53)37-16-4-2-5-17-37)44-33-30-38(41-23-14-24-47-45-21-9-12-28-55(45)63-57(41)47)34-50(44)49-26-15-25-48-46-22-10-13-29-56(46)64-58(48)49/h2-36H,1H3. The van der Waals surface area contributed by atoms with Gasteiger partial charge in [-0.1, -0.05) is 182 Å². The van der Waals surface area contributed by atoms with E-state index in [0.29, 0.717) is 5.82 Å². The van der Waals surface area contributed by atoms with Crippen molar-refractivity contribution in [2.45, 2.75) is 12.3 Å². The minimum atomic E-state index is -0.349. The minimum absolute atomic E-state index is 0.349. The lowest BCUT2D eigenvalue weighted by Crippen LogP contribution is -2.22. The molecule has 64 heavy (non-hydrogen) atoms. The van der Waals surface area contributed by atoms with E-state index in [9.17, 15) is 0 Å². The molecule has 1 aliphatic carbocycles. The fourth-order valence-corrected chi connectivity index (χ4v) is 10.3. The van der Waals surface area contributed by atoms with Crippen LogP contribution in [0.5, 0.6) is 0 Å². The second-order valence-electron chi connectivity index (χ2n) is 16.9. The highest BCUT2D eigenvalue weighted by Crippen LogP contribution is 2.53. The van der Waals surface area contributed by atoms with Crippen LogP contribution < -0.4 is 0 Å². The average Bonchev–Trinajstić information content (AvgIpc) is 4.03. The molecular weight excluding hydrogens is 781 g/mol. The first-order chi connectivity index (χ1) is 31.6. The van der Waals surface area contributed by atoms with Crippen LogP contribution in [-0.4, -0.2) is 9.97 Å². The van der Waals surface area contributed by atoms with Crippen LogP contribution in [0.2, 0.25) is 0 Å². The Kier molecular flexibility index (Phi) is 8.00. The van der Waals surface area contributed by atoms with Gasteiger partial charge in [0, 0.05) is 54.8 Å². The molecule has 0 fully saturated rings. The molecule has 4 heteroatoms. The predicted octanol–water partition coefficient (Wildman–Crippen LogP) is 15.9. The van der Waals surface area contributed by atoms with Gasteiger partial charge < -0.3 is 8.83 Å². The molecule has 0 saturated heterocycles. The number of hydrogen-bond acceptors (Lipinski definition) is 4. The molecule has 1 atom stereocenters. The maximum atomic E-state index is 6.74. The number of hydrogen-bond donors (Lipinski definition) is 0. The number of aromatic nitrogens is 2. The van der Waals surface area contributed by atoms with E-state index in [-0.39, 0.29) is 5.41 Å². The van der Waals surface area contributed by atoms with Crippen molar-refractivity contribution in [1.29, 1.82) is 0 Å². The summed E-state index contributed by atoms with van der Waals surface area (Å²) in [5.41, 5.74) is 18.1. The third-order valence-electron chi connectivity index (χ3n) is 13.4. The molecule has 1 unspecified atom stereocenters. The number of rotatable bonds is 6. The first-order valence-corrected chi connectivity index (χ1v) is 21.8. The van der Waals surface area contributed by atoms with Crippen LogP contribution >= 0.6 is 0 Å². The van der Waals surface area contributed by atoms with Crippen LogP contribution in [0.15, 0.2) is 221 Å². The lowest BCUT2D eigenvalue weighted by atomic mass is 9.74. The van der Waals surface area contributed by atoms with Crippen LogP contribution in [0.4, 0.5) is 0 Å². The zero-order chi connectivity index (χ0) is 42.4. The molecule has 0 aliphatic heterocycles. The first-order valence-electron chi connectivity index (χ1n) is 21.8. The van der Waals surface area contributed by atoms with Gasteiger partial charge in [0.05, 0.1) is 11.4 Å². The summed E-state index contributed by atoms with van der Waals surface area (Å²) in [6, 6.07) is 75.0. The van der Waals surface area contributed by atoms with Gasteiger partial charge in [0.15, 0.2) is 5.82 Å². The molecule has 9 aromatic carbocycles. The van der Waals surface area contributed by atoms with E-state index in [4.69, 9.17) is 18.8 Å². The van der Waals surface area contributed by atoms with E-state index in [1.807, 2.05) is 42.5 Å². The molecule has 0 saturated carbocycles. The van der Waals surface area contributed by atoms with Gasteiger partial charge in [-0.25, -0.2) is 9.97 Å². The zero-order valence-corrected chi connectivity index (χ0v) is 34.9. The Morgan fingerprint density at radius 1 is 0.344 bits per heavy atom. The molecule has 4 nitrogen and oxygen atoms in total. The summed E-state index contributed by atoms with van der Waals surface area (Å²) in [5.74, 6) is 0.659. The van der Waals surface area contributed by atoms with E-state index in [0.717, 1.165) is 94.2 Å². The molecule has 12 aromatic rings. The highest BCUT2D eigenvalue weighted by Gasteiger charge is 2.40. The van der Waals surface area contributed by atoms with Gasteiger partial charge in [-0.3, -0.25) is 0 Å². The van der Waals surface area contributed by atoms with Gasteiger partial charge in [-0.15, -0.1) is 0 Å². The van der Waals surface area contributed by atoms with Crippen LogP contribution in [0, 0.1) is 0 Å². The molecule has 0 radical (unpaired) electrons. The molecular formula is C60H38N2O2. The molecule has 0 amide bonds. The van der Waals surface area contributed by atoms with E-state index in [1.54, 1.807) is 0 Å². The van der Waals surface area contributed by atoms with Gasteiger partial charge in [0.25, 0.3) is 0 Å². The van der Waals surface area contributed by atoms with Gasteiger partial charge in [-0.05, 0) is 76.2 Å². The van der Waals surface area contributed by atoms with Gasteiger partial charge in [-0.2, -0.15) is 0 Å². The Morgan fingerprint density at radius 2 is 0.891 bits per heavy atom. The topological polar surface area (TPSA) is 52.1 Å². The Hall–Kier alpha value is -8.34. The van der Waals surface area contributed by atoms with Gasteiger partial charge >= 0.3 is 0 Å². The number of nitrogens with zero attached hydrogens (tertiary/aromatic N) is 2. The second kappa shape index (κ2) is 14.1. The Morgan fingerprint density at radius 3 is 1.64 bits per heavy atom. The Balaban J connectivity index is 1.06. The number of benzene rings is 9. The summed E-state index contributed by atoms with van der Waals surface area (Å²) in [5, 5.41) is 4.34. The Bertz CT molecular complexity index is 3810. The summed E-state index contributed by atoms with van der Waals surface area (Å²) in [6.07, 6.45) is 0. The number of furan rings is 2. The third kappa shape index (κ3) is 5.49. The molecule has 3 heterocycles. The van der Waals surface area contributed by atoms with Crippen molar-refractivity contribution in [2.24, 2.45) is 0 Å². The van der Waals surface area contributed by atoms with E-state index in [2.05, 4.69) is 177 Å². The van der Waals surface area contributed by atoms with Crippen LogP contribution in [0.3, 0.4) is 0 Å². The SMILES string of the molecule is CC1(c2ccccc2)c2ccccc2-c2ccc(-c3cc(-c4ccc(-c5cccc6c5oc5ccccc56)cc4-c4cccc5c4oc4ccccc45)nc(-c4ccccc4)n3)cc21. The monoisotopic (exact) mass is 818 g/mol. The molecule has 300 valence electrons. The second-order valence-corrected chi connectivity index (χ2v) is 16.9. The molecule has 0 N–H and O–H groups in total. The van der Waals surface area contributed by atoms with Crippen LogP contribution in [-0.2, 0) is 5.41 Å². The smallest absolute Gasteiger partial charge is 0.160 e. The molecule has 3 aromatic heterocycles. The summed E-state index contributed by atoms with van der Waals surface area (Å²) < 4.78 is 13.3. The lowest BCUT2D eigenvalue weighted by molar-refractivity contribution is 0.670. The van der Waals surface area contributed by atoms with Crippen molar-refractivity contribution in [3.05, 3.63) is 229 Å². The number of fused-ring (bicyclic) bond motifs is 9. The average molecular weight is 819 g/mol. The minimum Gasteiger partial charge on any atom is -0.455 e. The van der Waals surface area contributed by atoms with Gasteiger partial charge in [0.2, 0.25) is 0 Å². The van der Waals surface area contributed by atoms with Crippen molar-refractivity contribution in [2.75, 3.05) is 0 Å². The Labute approximate surface area is 369 Å². The van der Waals surface area contributed by atoms with Crippen molar-refractivity contribution >= 4 is 43.9 Å². The molecule has 0 spiro atoms. The number of para-hydroxylation sites is 4. The van der Waals surface area contributed by atoms with Crippen LogP contribution in [0.1, 0.15) is 23.6 Å². The van der Waals surface area contributed by atoms with Crippen molar-refractivity contribution in [3.63, 3.8) is 0 Å².